The number of imide groups is 1. The fraction of sp³-hybridized carbons (Fsp3) is 0.714. The predicted molar refractivity (Wildman–Crippen MR) is 47.4 cm³/mol. The number of rotatable bonds is 7. The van der Waals surface area contributed by atoms with E-state index in [2.05, 4.69) is 15.8 Å². The molecular formula is C7H13F2N3O3. The van der Waals surface area contributed by atoms with Gasteiger partial charge in [-0.15, -0.1) is 0 Å². The van der Waals surface area contributed by atoms with Crippen LogP contribution < -0.4 is 16.4 Å². The third kappa shape index (κ3) is 10.6. The zero-order valence-electron chi connectivity index (χ0n) is 7.96. The molecule has 0 saturated heterocycles. The molecule has 0 radical (unpaired) electrons. The van der Waals surface area contributed by atoms with Crippen LogP contribution >= 0.6 is 0 Å². The van der Waals surface area contributed by atoms with Crippen molar-refractivity contribution in [1.29, 1.82) is 0 Å². The van der Waals surface area contributed by atoms with Crippen LogP contribution in [0, 0.1) is 0 Å². The van der Waals surface area contributed by atoms with E-state index in [1.807, 2.05) is 5.32 Å². The van der Waals surface area contributed by atoms with Crippen LogP contribution in [0.5, 0.6) is 0 Å². The second-order valence-corrected chi connectivity index (χ2v) is 2.56. The molecule has 0 aliphatic heterocycles. The van der Waals surface area contributed by atoms with E-state index in [1.54, 1.807) is 0 Å². The summed E-state index contributed by atoms with van der Waals surface area (Å²) in [5.41, 5.74) is 4.67. The summed E-state index contributed by atoms with van der Waals surface area (Å²) in [6.45, 7) is -0.455. The van der Waals surface area contributed by atoms with Crippen molar-refractivity contribution in [1.82, 2.24) is 10.6 Å². The van der Waals surface area contributed by atoms with Crippen LogP contribution in [0.15, 0.2) is 0 Å². The number of halogens is 2. The van der Waals surface area contributed by atoms with Crippen molar-refractivity contribution < 1.29 is 23.1 Å². The lowest BCUT2D eigenvalue weighted by Crippen LogP contribution is -2.41. The van der Waals surface area contributed by atoms with Crippen LogP contribution in [0.2, 0.25) is 0 Å². The van der Waals surface area contributed by atoms with Crippen LogP contribution in [0.1, 0.15) is 0 Å². The van der Waals surface area contributed by atoms with Gasteiger partial charge in [-0.25, -0.2) is 13.6 Å². The summed E-state index contributed by atoms with van der Waals surface area (Å²) in [7, 11) is 0. The minimum Gasteiger partial charge on any atom is -0.374 e. The number of primary amides is 1. The number of urea groups is 1. The Kier molecular flexibility index (Phi) is 7.38. The Bertz CT molecular complexity index is 214. The molecule has 4 N–H and O–H groups in total. The smallest absolute Gasteiger partial charge is 0.318 e. The highest BCUT2D eigenvalue weighted by Gasteiger charge is 2.03. The van der Waals surface area contributed by atoms with Crippen molar-refractivity contribution in [2.75, 3.05) is 26.3 Å². The lowest BCUT2D eigenvalue weighted by molar-refractivity contribution is -0.119. The first-order valence-corrected chi connectivity index (χ1v) is 4.18. The molecule has 0 aliphatic carbocycles. The molecular weight excluding hydrogens is 212 g/mol. The largest absolute Gasteiger partial charge is 0.374 e. The predicted octanol–water partition coefficient (Wildman–Crippen LogP) is -0.947. The maximum absolute atomic E-state index is 11.6. The Labute approximate surface area is 85.1 Å². The number of hydrogen-bond donors (Lipinski definition) is 3. The van der Waals surface area contributed by atoms with Gasteiger partial charge < -0.3 is 15.8 Å². The average molecular weight is 225 g/mol. The maximum atomic E-state index is 11.6. The molecule has 0 atom stereocenters. The number of carbonyl (C=O) groups is 2. The van der Waals surface area contributed by atoms with Crippen LogP contribution in [-0.4, -0.2) is 44.7 Å². The number of nitrogens with two attached hydrogens (primary N) is 1. The zero-order chi connectivity index (χ0) is 11.7. The number of nitrogens with one attached hydrogen (secondary N) is 2. The van der Waals surface area contributed by atoms with E-state index < -0.39 is 25.0 Å². The van der Waals surface area contributed by atoms with Crippen LogP contribution in [0.3, 0.4) is 0 Å². The highest BCUT2D eigenvalue weighted by molar-refractivity contribution is 5.94. The summed E-state index contributed by atoms with van der Waals surface area (Å²) in [5, 5.41) is 4.40. The third-order valence-electron chi connectivity index (χ3n) is 1.22. The first kappa shape index (κ1) is 13.7. The van der Waals surface area contributed by atoms with E-state index in [9.17, 15) is 18.4 Å². The average Bonchev–Trinajstić information content (AvgIpc) is 2.09. The van der Waals surface area contributed by atoms with Gasteiger partial charge >= 0.3 is 6.03 Å². The minimum atomic E-state index is -2.50. The number of amides is 3. The SMILES string of the molecule is NC(=O)NC(=O)CNCCOCC(F)F. The topological polar surface area (TPSA) is 93.5 Å². The van der Waals surface area contributed by atoms with Crippen molar-refractivity contribution >= 4 is 11.9 Å². The first-order valence-electron chi connectivity index (χ1n) is 4.18. The van der Waals surface area contributed by atoms with Gasteiger partial charge in [0.15, 0.2) is 0 Å². The van der Waals surface area contributed by atoms with Crippen LogP contribution in [0.4, 0.5) is 13.6 Å². The highest BCUT2D eigenvalue weighted by Crippen LogP contribution is 1.90. The number of alkyl halides is 2. The van der Waals surface area contributed by atoms with Gasteiger partial charge in [0.1, 0.15) is 6.61 Å². The molecule has 0 unspecified atom stereocenters. The molecule has 0 aromatic carbocycles. The van der Waals surface area contributed by atoms with E-state index >= 15 is 0 Å². The van der Waals surface area contributed by atoms with Crippen molar-refractivity contribution in [3.8, 4) is 0 Å². The molecule has 0 fully saturated rings. The molecule has 0 aromatic heterocycles. The van der Waals surface area contributed by atoms with Gasteiger partial charge in [-0.1, -0.05) is 0 Å². The first-order chi connectivity index (χ1) is 7.02. The summed E-state index contributed by atoms with van der Waals surface area (Å²) in [6.07, 6.45) is -2.50. The molecule has 0 bridgehead atoms. The van der Waals surface area contributed by atoms with E-state index in [0.717, 1.165) is 0 Å². The van der Waals surface area contributed by atoms with Gasteiger partial charge in [0.25, 0.3) is 6.43 Å². The molecule has 88 valence electrons. The second-order valence-electron chi connectivity index (χ2n) is 2.56. The molecule has 0 saturated carbocycles. The molecule has 0 spiro atoms. The molecule has 6 nitrogen and oxygen atoms in total. The monoisotopic (exact) mass is 225 g/mol. The van der Waals surface area contributed by atoms with Gasteiger partial charge in [0.05, 0.1) is 13.2 Å². The third-order valence-corrected chi connectivity index (χ3v) is 1.22. The summed E-state index contributed by atoms with van der Waals surface area (Å²) in [4.78, 5) is 20.9. The summed E-state index contributed by atoms with van der Waals surface area (Å²) >= 11 is 0. The van der Waals surface area contributed by atoms with Crippen molar-refractivity contribution in [2.24, 2.45) is 5.73 Å². The Morgan fingerprint density at radius 1 is 1.40 bits per heavy atom. The van der Waals surface area contributed by atoms with Gasteiger partial charge in [-0.3, -0.25) is 10.1 Å². The normalized spacial score (nSPS) is 10.3. The summed E-state index contributed by atoms with van der Waals surface area (Å²) in [6, 6.07) is -0.934. The number of hydrogen-bond acceptors (Lipinski definition) is 4. The number of carbonyl (C=O) groups excluding carboxylic acids is 2. The summed E-state index contributed by atoms with van der Waals surface area (Å²) < 4.78 is 27.6. The Balaban J connectivity index is 3.24. The quantitative estimate of drug-likeness (QED) is 0.487. The lowest BCUT2D eigenvalue weighted by Gasteiger charge is -2.05. The fourth-order valence-corrected chi connectivity index (χ4v) is 0.700. The highest BCUT2D eigenvalue weighted by atomic mass is 19.3. The summed E-state index contributed by atoms with van der Waals surface area (Å²) in [5.74, 6) is -0.587. The lowest BCUT2D eigenvalue weighted by atomic mass is 10.5. The van der Waals surface area contributed by atoms with Crippen LogP contribution in [-0.2, 0) is 9.53 Å². The maximum Gasteiger partial charge on any atom is 0.318 e. The molecule has 8 heteroatoms. The molecule has 0 heterocycles. The van der Waals surface area contributed by atoms with Crippen molar-refractivity contribution in [2.45, 2.75) is 6.43 Å². The van der Waals surface area contributed by atoms with Crippen molar-refractivity contribution in [3.05, 3.63) is 0 Å². The Morgan fingerprint density at radius 2 is 2.07 bits per heavy atom. The van der Waals surface area contributed by atoms with E-state index in [1.165, 1.54) is 0 Å². The minimum absolute atomic E-state index is 0.0637. The van der Waals surface area contributed by atoms with Gasteiger partial charge in [-0.2, -0.15) is 0 Å². The van der Waals surface area contributed by atoms with Crippen molar-refractivity contribution in [3.63, 3.8) is 0 Å². The van der Waals surface area contributed by atoms with Crippen LogP contribution in [0.25, 0.3) is 0 Å². The number of ether oxygens (including phenoxy) is 1. The second kappa shape index (κ2) is 8.06. The molecule has 15 heavy (non-hydrogen) atoms. The zero-order valence-corrected chi connectivity index (χ0v) is 7.96. The Hall–Kier alpha value is -1.28. The Morgan fingerprint density at radius 3 is 2.60 bits per heavy atom. The van der Waals surface area contributed by atoms with E-state index in [4.69, 9.17) is 0 Å². The molecule has 3 amide bonds. The fourth-order valence-electron chi connectivity index (χ4n) is 0.700. The van der Waals surface area contributed by atoms with Gasteiger partial charge in [0.2, 0.25) is 5.91 Å². The van der Waals surface area contributed by atoms with Gasteiger partial charge in [0, 0.05) is 6.54 Å². The van der Waals surface area contributed by atoms with E-state index in [0.29, 0.717) is 0 Å². The molecule has 0 rings (SSSR count). The van der Waals surface area contributed by atoms with Gasteiger partial charge in [-0.05, 0) is 0 Å². The van der Waals surface area contributed by atoms with E-state index in [-0.39, 0.29) is 19.7 Å². The molecule has 0 aromatic rings. The standard InChI is InChI=1S/C7H13F2N3O3/c8-5(9)4-15-2-1-11-3-6(13)12-7(10)14/h5,11H,1-4H2,(H3,10,12,13,14). The molecule has 0 aliphatic rings.